The van der Waals surface area contributed by atoms with Crippen LogP contribution in [-0.4, -0.2) is 187 Å². The second kappa shape index (κ2) is 29.6. The Morgan fingerprint density at radius 3 is 1.95 bits per heavy atom. The van der Waals surface area contributed by atoms with Crippen LogP contribution in [0.3, 0.4) is 0 Å². The van der Waals surface area contributed by atoms with Gasteiger partial charge in [-0.2, -0.15) is 0 Å². The van der Waals surface area contributed by atoms with Crippen molar-refractivity contribution in [2.45, 2.75) is 237 Å². The van der Waals surface area contributed by atoms with Gasteiger partial charge in [-0.25, -0.2) is 4.79 Å². The average Bonchev–Trinajstić information content (AvgIpc) is 3.46. The standard InChI is InChI=1S/C62H105BrN3O13P/c1-16-50-62(10,72)56(79-59(70)64-35-29-21-19-17-18-20-22-30-36-80(15,63,47-31-25-23-26-32-47)48-33-27-24-28-34-48)45(6)66(13)40-41(2)38-60(8,71)55(78-58-52(67)49(65(11)12)37-42(3)74-58)43(4)53(44(5)57(69)76-50)77-51-39-61(9,73-14)54(68)46(7)75-51/h23-28,31-34,41-46,49-56,58,67-68,71-72H,16-22,29-30,35-40H2,1-15H3,(H,64,70)/t41-,42-,43+,44-,45-,46+,49+,50-,51+,52-,53+,54+,55-,56-,58+,60-,61-,62-/m1/s1. The molecular formula is C62H105BrN3O13P. The van der Waals surface area contributed by atoms with Crippen molar-refractivity contribution in [1.82, 2.24) is 15.1 Å². The third-order valence-corrected chi connectivity index (χ3v) is 26.3. The number of methoxy groups -OCH3 is 1. The van der Waals surface area contributed by atoms with Crippen LogP contribution in [0.15, 0.2) is 60.7 Å². The van der Waals surface area contributed by atoms with E-state index in [1.807, 2.05) is 58.6 Å². The molecule has 0 spiro atoms. The summed E-state index contributed by atoms with van der Waals surface area (Å²) >= 11 is 4.38. The predicted molar refractivity (Wildman–Crippen MR) is 322 cm³/mol. The number of hydrogen-bond acceptors (Lipinski definition) is 15. The first-order valence-corrected chi connectivity index (χ1v) is 34.7. The van der Waals surface area contributed by atoms with E-state index < -0.39 is 107 Å². The number of rotatable bonds is 21. The van der Waals surface area contributed by atoms with Gasteiger partial charge in [0.05, 0.1) is 41.5 Å². The maximum Gasteiger partial charge on any atom is 0.137 e. The first-order valence-electron chi connectivity index (χ1n) is 29.8. The monoisotopic (exact) mass is 1210 g/mol. The van der Waals surface area contributed by atoms with E-state index in [9.17, 15) is 30.0 Å². The molecule has 0 unspecified atom stereocenters. The summed E-state index contributed by atoms with van der Waals surface area (Å²) in [5.74, 6) is -2.80. The molecule has 2 aromatic rings. The Morgan fingerprint density at radius 2 is 1.40 bits per heavy atom. The summed E-state index contributed by atoms with van der Waals surface area (Å²) in [4.78, 5) is 32.6. The summed E-state index contributed by atoms with van der Waals surface area (Å²) in [5.41, 5.74) is -4.57. The molecule has 0 radical (unpaired) electrons. The van der Waals surface area contributed by atoms with E-state index in [1.54, 1.807) is 41.5 Å². The summed E-state index contributed by atoms with van der Waals surface area (Å²) in [6.07, 6.45) is 0.285. The van der Waals surface area contributed by atoms with Gasteiger partial charge in [0.1, 0.15) is 23.9 Å². The number of cyclic esters (lactones) is 1. The average molecular weight is 1210 g/mol. The number of ether oxygens (including phenoxy) is 7. The molecule has 16 nitrogen and oxygen atoms in total. The molecule has 18 atom stereocenters. The molecule has 3 saturated heterocycles. The molecule has 0 aromatic heterocycles. The van der Waals surface area contributed by atoms with Gasteiger partial charge >= 0.3 is 180 Å². The van der Waals surface area contributed by atoms with Gasteiger partial charge in [0, 0.05) is 38.1 Å². The minimum absolute atomic E-state index is 0.105. The van der Waals surface area contributed by atoms with Crippen LogP contribution in [0.25, 0.3) is 0 Å². The number of alkyl carbamates (subject to hydrolysis) is 1. The summed E-state index contributed by atoms with van der Waals surface area (Å²) < 4.78 is 44.7. The van der Waals surface area contributed by atoms with Crippen LogP contribution in [-0.2, 0) is 38.0 Å². The van der Waals surface area contributed by atoms with Crippen molar-refractivity contribution >= 4 is 43.5 Å². The molecule has 3 heterocycles. The summed E-state index contributed by atoms with van der Waals surface area (Å²) in [7, 11) is 7.17. The number of unbranched alkanes of at least 4 members (excludes halogenated alkanes) is 7. The fourth-order valence-electron chi connectivity index (χ4n) is 13.0. The molecule has 5 rings (SSSR count). The summed E-state index contributed by atoms with van der Waals surface area (Å²) in [6.45, 7) is 21.1. The van der Waals surface area contributed by atoms with E-state index in [0.717, 1.165) is 44.7 Å². The minimum atomic E-state index is -2.51. The number of carbonyl (C=O) groups excluding carboxylic acids is 2. The Bertz CT molecular complexity index is 2150. The molecule has 18 heteroatoms. The zero-order chi connectivity index (χ0) is 59.4. The molecule has 2 aromatic carbocycles. The van der Waals surface area contributed by atoms with Crippen LogP contribution in [0.2, 0.25) is 0 Å². The molecular weight excluding hydrogens is 1110 g/mol. The van der Waals surface area contributed by atoms with Crippen LogP contribution in [0.4, 0.5) is 4.79 Å². The van der Waals surface area contributed by atoms with Gasteiger partial charge in [0.25, 0.3) is 0 Å². The zero-order valence-electron chi connectivity index (χ0n) is 51.2. The molecule has 3 fully saturated rings. The van der Waals surface area contributed by atoms with Gasteiger partial charge in [-0.05, 0) is 94.8 Å². The van der Waals surface area contributed by atoms with Crippen molar-refractivity contribution in [3.63, 3.8) is 0 Å². The second-order valence-electron chi connectivity index (χ2n) is 25.3. The number of amides is 1. The van der Waals surface area contributed by atoms with Gasteiger partial charge in [0.2, 0.25) is 0 Å². The summed E-state index contributed by atoms with van der Waals surface area (Å²) in [5, 5.41) is 51.7. The molecule has 458 valence electrons. The van der Waals surface area contributed by atoms with Crippen molar-refractivity contribution in [2.24, 2.45) is 17.8 Å². The minimum Gasteiger partial charge on any atom is -0.382 e. The predicted octanol–water partition coefficient (Wildman–Crippen LogP) is 8.90. The van der Waals surface area contributed by atoms with Crippen molar-refractivity contribution in [2.75, 3.05) is 54.2 Å². The van der Waals surface area contributed by atoms with Crippen LogP contribution in [0, 0.1) is 17.8 Å². The largest absolute Gasteiger partial charge is 0.382 e. The molecule has 3 aliphatic rings. The molecule has 5 N–H and O–H groups in total. The number of aliphatic hydroxyl groups is 4. The topological polar surface area (TPSA) is 198 Å². The number of hydrogen-bond donors (Lipinski definition) is 5. The van der Waals surface area contributed by atoms with Crippen LogP contribution >= 0.6 is 20.8 Å². The zero-order valence-corrected chi connectivity index (χ0v) is 53.7. The number of nitrogens with one attached hydrogen (secondary N) is 1. The third kappa shape index (κ3) is 17.2. The van der Waals surface area contributed by atoms with Gasteiger partial charge < -0.3 is 58.5 Å². The fraction of sp³-hybridized carbons (Fsp3) is 0.774. The van der Waals surface area contributed by atoms with Gasteiger partial charge in [-0.15, -0.1) is 0 Å². The fourth-order valence-corrected chi connectivity index (χ4v) is 18.8. The number of benzene rings is 2. The van der Waals surface area contributed by atoms with E-state index in [-0.39, 0.29) is 37.3 Å². The number of nitrogens with zero attached hydrogens (tertiary/aromatic N) is 2. The Kier molecular flexibility index (Phi) is 25.4. The maximum atomic E-state index is 14.8. The van der Waals surface area contributed by atoms with E-state index in [1.165, 1.54) is 30.6 Å². The van der Waals surface area contributed by atoms with Crippen LogP contribution in [0.1, 0.15) is 146 Å². The van der Waals surface area contributed by atoms with Crippen LogP contribution < -0.4 is 15.9 Å². The molecule has 3 aliphatic heterocycles. The maximum absolute atomic E-state index is 14.8. The Hall–Kier alpha value is -2.35. The normalized spacial score (nSPS) is 36.9. The number of halogens is 1. The Morgan fingerprint density at radius 1 is 0.838 bits per heavy atom. The molecule has 0 bridgehead atoms. The molecule has 80 heavy (non-hydrogen) atoms. The Labute approximate surface area is 488 Å². The van der Waals surface area contributed by atoms with Crippen molar-refractivity contribution in [3.05, 3.63) is 60.7 Å². The van der Waals surface area contributed by atoms with Crippen molar-refractivity contribution in [1.29, 1.82) is 0 Å². The van der Waals surface area contributed by atoms with E-state index >= 15 is 0 Å². The van der Waals surface area contributed by atoms with Crippen LogP contribution in [0.5, 0.6) is 0 Å². The van der Waals surface area contributed by atoms with Gasteiger partial charge in [-0.3, -0.25) is 9.69 Å². The first-order chi connectivity index (χ1) is 37.5. The quantitative estimate of drug-likeness (QED) is 0.0451. The second-order valence-corrected chi connectivity index (χ2v) is 35.9. The van der Waals surface area contributed by atoms with Crippen molar-refractivity contribution < 1.29 is 63.2 Å². The van der Waals surface area contributed by atoms with E-state index in [0.29, 0.717) is 19.5 Å². The Balaban J connectivity index is 1.28. The number of aliphatic hydroxyl groups excluding tert-OH is 2. The molecule has 1 amide bonds. The van der Waals surface area contributed by atoms with E-state index in [2.05, 4.69) is 88.1 Å². The third-order valence-electron chi connectivity index (χ3n) is 18.1. The number of esters is 1. The van der Waals surface area contributed by atoms with E-state index in [4.69, 9.17) is 33.2 Å². The SMILES string of the molecule is CC[C@H]1OC(=O)[C@H](C)[C@@H](O[C@H]2C[C@@](C)(OC)[C@@H](O)[C@H](C)O2)[C@H](C)[C@@H](O[C@@H]2O[C@H](C)C[C@H](N(C)C)[C@H]2O)[C@](C)(O)C[C@@H](C)CN(C)[C@H](C)[C@@H](OC(=O)NCCCCCCCCCCP(C)(Br)(c2ccccc2)c2ccccc2)[C@]1(C)O. The molecule has 0 aliphatic carbocycles. The number of likely N-dealkylation sites (N-methyl/N-ethyl adjacent to an activating group) is 2. The van der Waals surface area contributed by atoms with Crippen molar-refractivity contribution in [3.8, 4) is 0 Å². The smallest absolute Gasteiger partial charge is 0.137 e. The first kappa shape index (κ1) is 68.4. The number of carbonyl (C=O) groups is 2. The molecule has 0 saturated carbocycles. The van der Waals surface area contributed by atoms with Gasteiger partial charge in [0.15, 0.2) is 18.7 Å². The summed E-state index contributed by atoms with van der Waals surface area (Å²) in [6, 6.07) is 20.9. The van der Waals surface area contributed by atoms with Gasteiger partial charge in [-0.1, -0.05) is 20.8 Å².